The fourth-order valence-corrected chi connectivity index (χ4v) is 3.85. The summed E-state index contributed by atoms with van der Waals surface area (Å²) >= 11 is 1.39. The van der Waals surface area contributed by atoms with Gasteiger partial charge in [0.25, 0.3) is 5.91 Å². The summed E-state index contributed by atoms with van der Waals surface area (Å²) in [6.45, 7) is 1.95. The van der Waals surface area contributed by atoms with Crippen LogP contribution in [0.2, 0.25) is 0 Å². The number of thiazole rings is 1. The first kappa shape index (κ1) is 17.9. The second-order valence-corrected chi connectivity index (χ2v) is 7.40. The molecule has 0 aliphatic rings. The summed E-state index contributed by atoms with van der Waals surface area (Å²) in [5, 5.41) is 3.99. The third-order valence-electron chi connectivity index (χ3n) is 4.38. The Morgan fingerprint density at radius 1 is 1.14 bits per heavy atom. The Balaban J connectivity index is 1.65. The summed E-state index contributed by atoms with van der Waals surface area (Å²) in [6, 6.07) is 16.1. The van der Waals surface area contributed by atoms with Gasteiger partial charge in [-0.3, -0.25) is 14.9 Å². The van der Waals surface area contributed by atoms with Gasteiger partial charge in [0.15, 0.2) is 5.13 Å². The third-order valence-corrected chi connectivity index (χ3v) is 5.26. The SMILES string of the molecule is COc1ccc(-c2nc(NC(=O)c3cc(=O)[nH]c4ccccc34)sc2C)cc1. The maximum absolute atomic E-state index is 12.8. The lowest BCUT2D eigenvalue weighted by atomic mass is 10.1. The molecular formula is C21H17N3O3S. The molecule has 4 rings (SSSR count). The van der Waals surface area contributed by atoms with Crippen LogP contribution in [-0.2, 0) is 0 Å². The lowest BCUT2D eigenvalue weighted by molar-refractivity contribution is 0.102. The molecule has 6 nitrogen and oxygen atoms in total. The second kappa shape index (κ2) is 7.28. The molecule has 2 aromatic carbocycles. The van der Waals surface area contributed by atoms with Crippen LogP contribution >= 0.6 is 11.3 Å². The summed E-state index contributed by atoms with van der Waals surface area (Å²) in [5.41, 5.74) is 2.36. The Morgan fingerprint density at radius 3 is 2.64 bits per heavy atom. The minimum absolute atomic E-state index is 0.318. The second-order valence-electron chi connectivity index (χ2n) is 6.20. The van der Waals surface area contributed by atoms with Gasteiger partial charge in [0, 0.05) is 27.4 Å². The zero-order valence-electron chi connectivity index (χ0n) is 15.3. The number of amides is 1. The Kier molecular flexibility index (Phi) is 4.67. The monoisotopic (exact) mass is 391 g/mol. The molecule has 1 amide bonds. The van der Waals surface area contributed by atoms with E-state index in [0.29, 0.717) is 21.6 Å². The lowest BCUT2D eigenvalue weighted by Crippen LogP contribution is -2.16. The van der Waals surface area contributed by atoms with Crippen LogP contribution in [0.1, 0.15) is 15.2 Å². The molecule has 0 aliphatic heterocycles. The highest BCUT2D eigenvalue weighted by Crippen LogP contribution is 2.31. The number of nitrogens with zero attached hydrogens (tertiary/aromatic N) is 1. The maximum Gasteiger partial charge on any atom is 0.258 e. The van der Waals surface area contributed by atoms with E-state index in [1.165, 1.54) is 17.4 Å². The molecule has 140 valence electrons. The van der Waals surface area contributed by atoms with Crippen LogP contribution in [0.5, 0.6) is 5.75 Å². The number of benzene rings is 2. The molecule has 2 N–H and O–H groups in total. The van der Waals surface area contributed by atoms with E-state index in [4.69, 9.17) is 4.74 Å². The van der Waals surface area contributed by atoms with Gasteiger partial charge in [-0.15, -0.1) is 11.3 Å². The molecule has 0 saturated heterocycles. The largest absolute Gasteiger partial charge is 0.497 e. The molecule has 0 fully saturated rings. The summed E-state index contributed by atoms with van der Waals surface area (Å²) in [7, 11) is 1.62. The molecule has 4 aromatic rings. The Bertz CT molecular complexity index is 1230. The molecule has 0 unspecified atom stereocenters. The topological polar surface area (TPSA) is 84.1 Å². The molecular weight excluding hydrogens is 374 g/mol. The fraction of sp³-hybridized carbons (Fsp3) is 0.0952. The number of aromatic nitrogens is 2. The van der Waals surface area contributed by atoms with Gasteiger partial charge in [-0.25, -0.2) is 4.98 Å². The maximum atomic E-state index is 12.8. The highest BCUT2D eigenvalue weighted by molar-refractivity contribution is 7.16. The quantitative estimate of drug-likeness (QED) is 0.545. The minimum Gasteiger partial charge on any atom is -0.497 e. The van der Waals surface area contributed by atoms with Crippen molar-refractivity contribution in [2.75, 3.05) is 12.4 Å². The molecule has 0 saturated carbocycles. The fourth-order valence-electron chi connectivity index (χ4n) is 3.02. The first-order chi connectivity index (χ1) is 13.5. The molecule has 0 bridgehead atoms. The number of para-hydroxylation sites is 1. The highest BCUT2D eigenvalue weighted by Gasteiger charge is 2.16. The van der Waals surface area contributed by atoms with Gasteiger partial charge in [0.05, 0.1) is 18.4 Å². The number of carbonyl (C=O) groups is 1. The number of anilines is 1. The number of H-pyrrole nitrogens is 1. The van der Waals surface area contributed by atoms with E-state index in [2.05, 4.69) is 15.3 Å². The molecule has 0 spiro atoms. The minimum atomic E-state index is -0.364. The Hall–Kier alpha value is -3.45. The Morgan fingerprint density at radius 2 is 1.89 bits per heavy atom. The van der Waals surface area contributed by atoms with Crippen molar-refractivity contribution in [1.29, 1.82) is 0 Å². The molecule has 0 atom stereocenters. The van der Waals surface area contributed by atoms with Gasteiger partial charge >= 0.3 is 0 Å². The predicted molar refractivity (Wildman–Crippen MR) is 111 cm³/mol. The van der Waals surface area contributed by atoms with Gasteiger partial charge in [-0.05, 0) is 37.3 Å². The molecule has 0 aliphatic carbocycles. The highest BCUT2D eigenvalue weighted by atomic mass is 32.1. The van der Waals surface area contributed by atoms with E-state index in [9.17, 15) is 9.59 Å². The molecule has 7 heteroatoms. The van der Waals surface area contributed by atoms with Gasteiger partial charge in [-0.1, -0.05) is 18.2 Å². The zero-order chi connectivity index (χ0) is 19.7. The van der Waals surface area contributed by atoms with Crippen molar-refractivity contribution < 1.29 is 9.53 Å². The van der Waals surface area contributed by atoms with Gasteiger partial charge in [0.2, 0.25) is 5.56 Å². The molecule has 28 heavy (non-hydrogen) atoms. The van der Waals surface area contributed by atoms with E-state index in [1.807, 2.05) is 43.3 Å². The van der Waals surface area contributed by atoms with Crippen LogP contribution in [0.25, 0.3) is 22.2 Å². The van der Waals surface area contributed by atoms with E-state index < -0.39 is 0 Å². The van der Waals surface area contributed by atoms with E-state index >= 15 is 0 Å². The van der Waals surface area contributed by atoms with E-state index in [1.54, 1.807) is 19.2 Å². The number of aromatic amines is 1. The molecule has 2 heterocycles. The smallest absolute Gasteiger partial charge is 0.258 e. The lowest BCUT2D eigenvalue weighted by Gasteiger charge is -2.05. The normalized spacial score (nSPS) is 10.8. The van der Waals surface area contributed by atoms with E-state index in [-0.39, 0.29) is 11.5 Å². The van der Waals surface area contributed by atoms with Gasteiger partial charge < -0.3 is 9.72 Å². The number of nitrogens with one attached hydrogen (secondary N) is 2. The summed E-state index contributed by atoms with van der Waals surface area (Å²) in [4.78, 5) is 33.0. The van der Waals surface area contributed by atoms with Crippen molar-refractivity contribution >= 4 is 33.3 Å². The summed E-state index contributed by atoms with van der Waals surface area (Å²) in [6.07, 6.45) is 0. The number of fused-ring (bicyclic) bond motifs is 1. The molecule has 2 aromatic heterocycles. The first-order valence-corrected chi connectivity index (χ1v) is 9.42. The molecule has 0 radical (unpaired) electrons. The van der Waals surface area contributed by atoms with Crippen molar-refractivity contribution in [3.8, 4) is 17.0 Å². The predicted octanol–water partition coefficient (Wildman–Crippen LogP) is 4.22. The summed E-state index contributed by atoms with van der Waals surface area (Å²) < 4.78 is 5.18. The van der Waals surface area contributed by atoms with Crippen molar-refractivity contribution in [1.82, 2.24) is 9.97 Å². The summed E-state index contributed by atoms with van der Waals surface area (Å²) in [5.74, 6) is 0.406. The average Bonchev–Trinajstić information content (AvgIpc) is 3.07. The standard InChI is InChI=1S/C21H17N3O3S/c1-12-19(13-7-9-14(27-2)10-8-13)23-21(28-12)24-20(26)16-11-18(25)22-17-6-4-3-5-15(16)17/h3-11H,1-2H3,(H,22,25)(H,23,24,26). The number of hydrogen-bond donors (Lipinski definition) is 2. The number of methoxy groups -OCH3 is 1. The van der Waals surface area contributed by atoms with Crippen molar-refractivity contribution in [2.45, 2.75) is 6.92 Å². The van der Waals surface area contributed by atoms with Crippen LogP contribution in [-0.4, -0.2) is 23.0 Å². The van der Waals surface area contributed by atoms with Crippen LogP contribution in [0, 0.1) is 6.92 Å². The van der Waals surface area contributed by atoms with Gasteiger partial charge in [-0.2, -0.15) is 0 Å². The van der Waals surface area contributed by atoms with Crippen molar-refractivity contribution in [3.05, 3.63) is 75.4 Å². The van der Waals surface area contributed by atoms with Crippen LogP contribution < -0.4 is 15.6 Å². The average molecular weight is 391 g/mol. The van der Waals surface area contributed by atoms with Crippen LogP contribution in [0.15, 0.2) is 59.4 Å². The number of aryl methyl sites for hydroxylation is 1. The van der Waals surface area contributed by atoms with Crippen molar-refractivity contribution in [2.24, 2.45) is 0 Å². The van der Waals surface area contributed by atoms with Crippen LogP contribution in [0.4, 0.5) is 5.13 Å². The van der Waals surface area contributed by atoms with E-state index in [0.717, 1.165) is 21.9 Å². The number of ether oxygens (including phenoxy) is 1. The number of carbonyl (C=O) groups excluding carboxylic acids is 1. The third kappa shape index (κ3) is 3.39. The van der Waals surface area contributed by atoms with Crippen molar-refractivity contribution in [3.63, 3.8) is 0 Å². The first-order valence-electron chi connectivity index (χ1n) is 8.60. The number of hydrogen-bond acceptors (Lipinski definition) is 5. The van der Waals surface area contributed by atoms with Gasteiger partial charge in [0.1, 0.15) is 5.75 Å². The Labute approximate surface area is 164 Å². The van der Waals surface area contributed by atoms with Crippen LogP contribution in [0.3, 0.4) is 0 Å². The zero-order valence-corrected chi connectivity index (χ0v) is 16.1. The number of pyridine rings is 1. The number of rotatable bonds is 4.